The molecule has 2 rings (SSSR count). The number of benzene rings is 1. The molecule has 0 radical (unpaired) electrons. The first-order valence-corrected chi connectivity index (χ1v) is 6.47. The highest BCUT2D eigenvalue weighted by Crippen LogP contribution is 2.30. The van der Waals surface area contributed by atoms with Gasteiger partial charge in [-0.3, -0.25) is 0 Å². The molecule has 0 atom stereocenters. The molecule has 2 N–H and O–H groups in total. The lowest BCUT2D eigenvalue weighted by atomic mass is 10.0. The Hall–Kier alpha value is -1.81. The van der Waals surface area contributed by atoms with Crippen molar-refractivity contribution in [3.63, 3.8) is 0 Å². The van der Waals surface area contributed by atoms with Gasteiger partial charge in [-0.1, -0.05) is 6.92 Å². The minimum absolute atomic E-state index is 0.000704. The van der Waals surface area contributed by atoms with Crippen LogP contribution < -0.4 is 0 Å². The number of aliphatic hydroxyl groups excluding tert-OH is 1. The van der Waals surface area contributed by atoms with Crippen LogP contribution in [0.4, 0.5) is 0 Å². The largest absolute Gasteiger partial charge is 0.478 e. The van der Waals surface area contributed by atoms with Crippen LogP contribution >= 0.6 is 0 Å². The summed E-state index contributed by atoms with van der Waals surface area (Å²) in [5, 5.41) is 19.6. The highest BCUT2D eigenvalue weighted by molar-refractivity contribution is 6.04. The molecule has 0 aliphatic rings. The van der Waals surface area contributed by atoms with Crippen LogP contribution in [-0.4, -0.2) is 27.4 Å². The van der Waals surface area contributed by atoms with Crippen LogP contribution in [0.5, 0.6) is 0 Å². The summed E-state index contributed by atoms with van der Waals surface area (Å²) in [6, 6.07) is 3.72. The van der Waals surface area contributed by atoms with Crippen molar-refractivity contribution in [1.29, 1.82) is 0 Å². The van der Waals surface area contributed by atoms with E-state index in [-0.39, 0.29) is 6.61 Å². The first-order chi connectivity index (χ1) is 9.01. The molecule has 1 aromatic carbocycles. The first kappa shape index (κ1) is 13.6. The number of aromatic nitrogens is 1. The van der Waals surface area contributed by atoms with Gasteiger partial charge in [0.15, 0.2) is 0 Å². The third-order valence-corrected chi connectivity index (χ3v) is 3.60. The SMILES string of the molecule is CCc1c(C)n(CCO)c2c(C(=O)O)cc(C)cc12. The predicted octanol–water partition coefficient (Wildman–Crippen LogP) is 2.51. The Bertz CT molecular complexity index is 641. The van der Waals surface area contributed by atoms with E-state index in [1.54, 1.807) is 6.07 Å². The monoisotopic (exact) mass is 261 g/mol. The number of aryl methyl sites for hydroxylation is 2. The summed E-state index contributed by atoms with van der Waals surface area (Å²) in [6.07, 6.45) is 0.850. The van der Waals surface area contributed by atoms with Crippen LogP contribution in [0.15, 0.2) is 12.1 Å². The van der Waals surface area contributed by atoms with Crippen molar-refractivity contribution in [2.24, 2.45) is 0 Å². The van der Waals surface area contributed by atoms with Crippen LogP contribution in [0, 0.1) is 13.8 Å². The van der Waals surface area contributed by atoms with E-state index in [2.05, 4.69) is 6.92 Å². The zero-order valence-electron chi connectivity index (χ0n) is 11.5. The molecule has 0 fully saturated rings. The zero-order chi connectivity index (χ0) is 14.2. The normalized spacial score (nSPS) is 11.2. The lowest BCUT2D eigenvalue weighted by Gasteiger charge is -2.08. The van der Waals surface area contributed by atoms with E-state index in [9.17, 15) is 15.0 Å². The van der Waals surface area contributed by atoms with Gasteiger partial charge in [0.05, 0.1) is 17.7 Å². The second-order valence-corrected chi connectivity index (χ2v) is 4.81. The minimum Gasteiger partial charge on any atom is -0.478 e. The van der Waals surface area contributed by atoms with Crippen molar-refractivity contribution in [1.82, 2.24) is 4.57 Å². The van der Waals surface area contributed by atoms with E-state index < -0.39 is 5.97 Å². The van der Waals surface area contributed by atoms with E-state index >= 15 is 0 Å². The summed E-state index contributed by atoms with van der Waals surface area (Å²) >= 11 is 0. The molecule has 0 saturated carbocycles. The van der Waals surface area contributed by atoms with E-state index in [4.69, 9.17) is 0 Å². The molecule has 0 spiro atoms. The van der Waals surface area contributed by atoms with Gasteiger partial charge < -0.3 is 14.8 Å². The van der Waals surface area contributed by atoms with Gasteiger partial charge in [-0.05, 0) is 43.5 Å². The van der Waals surface area contributed by atoms with Crippen molar-refractivity contribution in [3.05, 3.63) is 34.5 Å². The third kappa shape index (κ3) is 2.12. The van der Waals surface area contributed by atoms with E-state index in [1.165, 1.54) is 0 Å². The summed E-state index contributed by atoms with van der Waals surface area (Å²) in [6.45, 7) is 6.37. The topological polar surface area (TPSA) is 62.5 Å². The summed E-state index contributed by atoms with van der Waals surface area (Å²) in [4.78, 5) is 11.5. The zero-order valence-corrected chi connectivity index (χ0v) is 11.5. The molecule has 1 aromatic heterocycles. The molecule has 102 valence electrons. The number of aliphatic hydroxyl groups is 1. The van der Waals surface area contributed by atoms with Gasteiger partial charge in [-0.25, -0.2) is 4.79 Å². The molecule has 0 bridgehead atoms. The highest BCUT2D eigenvalue weighted by Gasteiger charge is 2.19. The number of nitrogens with zero attached hydrogens (tertiary/aromatic N) is 1. The number of carbonyl (C=O) groups is 1. The molecule has 19 heavy (non-hydrogen) atoms. The van der Waals surface area contributed by atoms with Crippen LogP contribution in [0.25, 0.3) is 10.9 Å². The van der Waals surface area contributed by atoms with Gasteiger partial charge in [-0.15, -0.1) is 0 Å². The smallest absolute Gasteiger partial charge is 0.337 e. The van der Waals surface area contributed by atoms with Crippen molar-refractivity contribution in [2.45, 2.75) is 33.7 Å². The summed E-state index contributed by atoms with van der Waals surface area (Å²) in [5.41, 5.74) is 4.18. The molecule has 0 unspecified atom stereocenters. The molecular formula is C15H19NO3. The highest BCUT2D eigenvalue weighted by atomic mass is 16.4. The second kappa shape index (κ2) is 5.05. The fourth-order valence-corrected chi connectivity index (χ4v) is 2.81. The average molecular weight is 261 g/mol. The van der Waals surface area contributed by atoms with Crippen LogP contribution in [-0.2, 0) is 13.0 Å². The number of aromatic carboxylic acids is 1. The van der Waals surface area contributed by atoms with Crippen LogP contribution in [0.2, 0.25) is 0 Å². The number of hydrogen-bond donors (Lipinski definition) is 2. The Morgan fingerprint density at radius 3 is 2.53 bits per heavy atom. The Morgan fingerprint density at radius 2 is 2.00 bits per heavy atom. The molecule has 2 aromatic rings. The van der Waals surface area contributed by atoms with Crippen molar-refractivity contribution in [2.75, 3.05) is 6.61 Å². The van der Waals surface area contributed by atoms with Crippen molar-refractivity contribution >= 4 is 16.9 Å². The molecule has 1 heterocycles. The van der Waals surface area contributed by atoms with Gasteiger partial charge in [0, 0.05) is 17.6 Å². The number of hydrogen-bond acceptors (Lipinski definition) is 2. The number of carboxylic acid groups (broad SMARTS) is 1. The molecule has 0 saturated heterocycles. The number of rotatable bonds is 4. The van der Waals surface area contributed by atoms with E-state index in [0.717, 1.165) is 34.1 Å². The number of carboxylic acids is 1. The fourth-order valence-electron chi connectivity index (χ4n) is 2.81. The summed E-state index contributed by atoms with van der Waals surface area (Å²) in [5.74, 6) is -0.923. The summed E-state index contributed by atoms with van der Waals surface area (Å²) in [7, 11) is 0. The van der Waals surface area contributed by atoms with Gasteiger partial charge in [0.1, 0.15) is 0 Å². The summed E-state index contributed by atoms with van der Waals surface area (Å²) < 4.78 is 1.91. The van der Waals surface area contributed by atoms with Gasteiger partial charge in [-0.2, -0.15) is 0 Å². The lowest BCUT2D eigenvalue weighted by molar-refractivity contribution is 0.0698. The maximum absolute atomic E-state index is 11.5. The molecule has 0 amide bonds. The Morgan fingerprint density at radius 1 is 1.32 bits per heavy atom. The average Bonchev–Trinajstić information content (AvgIpc) is 2.61. The van der Waals surface area contributed by atoms with Gasteiger partial charge >= 0.3 is 5.97 Å². The third-order valence-electron chi connectivity index (χ3n) is 3.60. The molecular weight excluding hydrogens is 242 g/mol. The quantitative estimate of drug-likeness (QED) is 0.889. The van der Waals surface area contributed by atoms with Gasteiger partial charge in [0.25, 0.3) is 0 Å². The van der Waals surface area contributed by atoms with Crippen LogP contribution in [0.3, 0.4) is 0 Å². The minimum atomic E-state index is -0.923. The Balaban J connectivity index is 2.93. The van der Waals surface area contributed by atoms with Crippen molar-refractivity contribution in [3.8, 4) is 0 Å². The second-order valence-electron chi connectivity index (χ2n) is 4.81. The van der Waals surface area contributed by atoms with E-state index in [0.29, 0.717) is 12.1 Å². The predicted molar refractivity (Wildman–Crippen MR) is 74.8 cm³/mol. The maximum Gasteiger partial charge on any atom is 0.337 e. The molecule has 0 aliphatic heterocycles. The number of fused-ring (bicyclic) bond motifs is 1. The Labute approximate surface area is 112 Å². The van der Waals surface area contributed by atoms with E-state index in [1.807, 2.05) is 24.5 Å². The van der Waals surface area contributed by atoms with Crippen molar-refractivity contribution < 1.29 is 15.0 Å². The lowest BCUT2D eigenvalue weighted by Crippen LogP contribution is -2.08. The molecule has 0 aliphatic carbocycles. The Kier molecular flexibility index (Phi) is 3.62. The molecule has 4 nitrogen and oxygen atoms in total. The fraction of sp³-hybridized carbons (Fsp3) is 0.400. The maximum atomic E-state index is 11.5. The van der Waals surface area contributed by atoms with Crippen LogP contribution in [0.1, 0.15) is 34.1 Å². The van der Waals surface area contributed by atoms with Gasteiger partial charge in [0.2, 0.25) is 0 Å². The first-order valence-electron chi connectivity index (χ1n) is 6.47. The standard InChI is InChI=1S/C15H19NO3/c1-4-11-10(3)16(5-6-17)14-12(11)7-9(2)8-13(14)15(18)19/h7-8,17H,4-6H2,1-3H3,(H,18,19). The molecule has 4 heteroatoms.